The van der Waals surface area contributed by atoms with Crippen molar-refractivity contribution in [2.24, 2.45) is 0 Å². The molecule has 1 nitrogen and oxygen atoms in total. The molecule has 0 atom stereocenters. The van der Waals surface area contributed by atoms with Gasteiger partial charge < -0.3 is 5.73 Å². The summed E-state index contributed by atoms with van der Waals surface area (Å²) in [6.07, 6.45) is 0. The van der Waals surface area contributed by atoms with Crippen LogP contribution in [-0.2, 0) is 5.75 Å². The van der Waals surface area contributed by atoms with Gasteiger partial charge in [-0.2, -0.15) is 0 Å². The van der Waals surface area contributed by atoms with Crippen LogP contribution in [0.2, 0.25) is 0 Å². The highest BCUT2D eigenvalue weighted by Crippen LogP contribution is 2.28. The van der Waals surface area contributed by atoms with Gasteiger partial charge in [-0.05, 0) is 35.9 Å². The van der Waals surface area contributed by atoms with Gasteiger partial charge in [-0.1, -0.05) is 28.1 Å². The van der Waals surface area contributed by atoms with E-state index in [0.29, 0.717) is 5.69 Å². The van der Waals surface area contributed by atoms with Crippen molar-refractivity contribution in [3.05, 3.63) is 58.3 Å². The van der Waals surface area contributed by atoms with E-state index in [2.05, 4.69) is 28.1 Å². The fraction of sp³-hybridized carbons (Fsp3) is 0.0769. The van der Waals surface area contributed by atoms with Crippen LogP contribution < -0.4 is 5.73 Å². The zero-order valence-electron chi connectivity index (χ0n) is 8.99. The Balaban J connectivity index is 2.04. The summed E-state index contributed by atoms with van der Waals surface area (Å²) >= 11 is 5.00. The van der Waals surface area contributed by atoms with Gasteiger partial charge >= 0.3 is 0 Å². The van der Waals surface area contributed by atoms with Gasteiger partial charge in [0.2, 0.25) is 0 Å². The van der Waals surface area contributed by atoms with Crippen LogP contribution >= 0.6 is 27.7 Å². The van der Waals surface area contributed by atoms with E-state index in [9.17, 15) is 4.39 Å². The first-order chi connectivity index (χ1) is 8.15. The molecule has 0 heterocycles. The first-order valence-electron chi connectivity index (χ1n) is 5.07. The second-order valence-corrected chi connectivity index (χ2v) is 5.53. The Morgan fingerprint density at radius 1 is 1.12 bits per heavy atom. The van der Waals surface area contributed by atoms with Gasteiger partial charge in [-0.3, -0.25) is 0 Å². The summed E-state index contributed by atoms with van der Waals surface area (Å²) in [7, 11) is 0. The molecule has 17 heavy (non-hydrogen) atoms. The first kappa shape index (κ1) is 12.5. The summed E-state index contributed by atoms with van der Waals surface area (Å²) < 4.78 is 13.9. The van der Waals surface area contributed by atoms with E-state index >= 15 is 0 Å². The highest BCUT2D eigenvalue weighted by atomic mass is 79.9. The molecule has 0 unspecified atom stereocenters. The Hall–Kier alpha value is -1.00. The summed E-state index contributed by atoms with van der Waals surface area (Å²) in [6.45, 7) is 0. The van der Waals surface area contributed by atoms with E-state index in [0.717, 1.165) is 15.1 Å². The van der Waals surface area contributed by atoms with E-state index in [-0.39, 0.29) is 5.82 Å². The number of thioether (sulfide) groups is 1. The fourth-order valence-electron chi connectivity index (χ4n) is 1.39. The number of rotatable bonds is 3. The lowest BCUT2D eigenvalue weighted by molar-refractivity contribution is 0.627. The number of benzene rings is 2. The lowest BCUT2D eigenvalue weighted by Crippen LogP contribution is -1.90. The molecule has 0 radical (unpaired) electrons. The number of halogens is 2. The van der Waals surface area contributed by atoms with Gasteiger partial charge in [-0.25, -0.2) is 4.39 Å². The van der Waals surface area contributed by atoms with Gasteiger partial charge in [0.1, 0.15) is 5.82 Å². The lowest BCUT2D eigenvalue weighted by Gasteiger charge is -2.05. The van der Waals surface area contributed by atoms with Crippen molar-refractivity contribution in [1.82, 2.24) is 0 Å². The van der Waals surface area contributed by atoms with Crippen LogP contribution in [0.5, 0.6) is 0 Å². The monoisotopic (exact) mass is 311 g/mol. The normalized spacial score (nSPS) is 10.5. The highest BCUT2D eigenvalue weighted by molar-refractivity contribution is 9.10. The molecule has 0 saturated heterocycles. The molecule has 0 aromatic heterocycles. The molecule has 0 aliphatic heterocycles. The lowest BCUT2D eigenvalue weighted by atomic mass is 10.2. The van der Waals surface area contributed by atoms with Crippen LogP contribution in [0.3, 0.4) is 0 Å². The Morgan fingerprint density at radius 2 is 1.82 bits per heavy atom. The molecule has 88 valence electrons. The maximum atomic E-state index is 12.9. The van der Waals surface area contributed by atoms with Crippen LogP contribution in [-0.4, -0.2) is 0 Å². The van der Waals surface area contributed by atoms with Crippen molar-refractivity contribution < 1.29 is 4.39 Å². The molecule has 0 aliphatic rings. The first-order valence-corrected chi connectivity index (χ1v) is 6.85. The minimum absolute atomic E-state index is 0.296. The molecule has 2 rings (SSSR count). The summed E-state index contributed by atoms with van der Waals surface area (Å²) in [4.78, 5) is 0.911. The number of nitrogens with two attached hydrogens (primary N) is 1. The summed E-state index contributed by atoms with van der Waals surface area (Å²) in [5, 5.41) is 0. The second-order valence-electron chi connectivity index (χ2n) is 3.60. The average Bonchev–Trinajstić information content (AvgIpc) is 2.30. The van der Waals surface area contributed by atoms with Crippen LogP contribution in [0.1, 0.15) is 5.56 Å². The minimum atomic E-state index is -0.296. The summed E-state index contributed by atoms with van der Waals surface area (Å²) in [5.41, 5.74) is 7.44. The topological polar surface area (TPSA) is 26.0 Å². The zero-order valence-corrected chi connectivity index (χ0v) is 11.4. The standard InChI is InChI=1S/C13H11BrFNS/c14-10-3-1-9(2-4-10)8-17-13-6-5-11(15)7-12(13)16/h1-7H,8,16H2. The number of hydrogen-bond acceptors (Lipinski definition) is 2. The Labute approximate surface area is 112 Å². The summed E-state index contributed by atoms with van der Waals surface area (Å²) in [6, 6.07) is 12.6. The predicted molar refractivity (Wildman–Crippen MR) is 74.5 cm³/mol. The van der Waals surface area contributed by atoms with Crippen molar-refractivity contribution in [2.45, 2.75) is 10.6 Å². The van der Waals surface area contributed by atoms with Gasteiger partial charge in [0.15, 0.2) is 0 Å². The number of hydrogen-bond donors (Lipinski definition) is 1. The largest absolute Gasteiger partial charge is 0.398 e. The molecule has 4 heteroatoms. The quantitative estimate of drug-likeness (QED) is 0.669. The molecular formula is C13H11BrFNS. The Morgan fingerprint density at radius 3 is 2.47 bits per heavy atom. The van der Waals surface area contributed by atoms with Crippen molar-refractivity contribution in [3.63, 3.8) is 0 Å². The number of anilines is 1. The molecule has 0 bridgehead atoms. The Bertz CT molecular complexity index is 513. The molecule has 0 amide bonds. The van der Waals surface area contributed by atoms with Crippen molar-refractivity contribution in [3.8, 4) is 0 Å². The maximum absolute atomic E-state index is 12.9. The van der Waals surface area contributed by atoms with Crippen LogP contribution in [0, 0.1) is 5.82 Å². The smallest absolute Gasteiger partial charge is 0.125 e. The molecular weight excluding hydrogens is 301 g/mol. The van der Waals surface area contributed by atoms with Crippen LogP contribution in [0.25, 0.3) is 0 Å². The molecule has 0 fully saturated rings. The molecule has 0 aliphatic carbocycles. The van der Waals surface area contributed by atoms with E-state index in [1.165, 1.54) is 17.7 Å². The van der Waals surface area contributed by atoms with E-state index < -0.39 is 0 Å². The highest BCUT2D eigenvalue weighted by Gasteiger charge is 2.02. The third kappa shape index (κ3) is 3.48. The van der Waals surface area contributed by atoms with E-state index in [1.807, 2.05) is 12.1 Å². The second kappa shape index (κ2) is 5.56. The van der Waals surface area contributed by atoms with Gasteiger partial charge in [0, 0.05) is 20.8 Å². The van der Waals surface area contributed by atoms with Gasteiger partial charge in [0.25, 0.3) is 0 Å². The molecule has 0 saturated carbocycles. The molecule has 2 aromatic carbocycles. The van der Waals surface area contributed by atoms with E-state index in [4.69, 9.17) is 5.73 Å². The SMILES string of the molecule is Nc1cc(F)ccc1SCc1ccc(Br)cc1. The van der Waals surface area contributed by atoms with Crippen molar-refractivity contribution >= 4 is 33.4 Å². The molecule has 2 N–H and O–H groups in total. The average molecular weight is 312 g/mol. The van der Waals surface area contributed by atoms with Gasteiger partial charge in [-0.15, -0.1) is 11.8 Å². The van der Waals surface area contributed by atoms with Gasteiger partial charge in [0.05, 0.1) is 0 Å². The minimum Gasteiger partial charge on any atom is -0.398 e. The van der Waals surface area contributed by atoms with Crippen molar-refractivity contribution in [1.29, 1.82) is 0 Å². The third-order valence-electron chi connectivity index (χ3n) is 2.28. The fourth-order valence-corrected chi connectivity index (χ4v) is 2.56. The van der Waals surface area contributed by atoms with Crippen LogP contribution in [0.4, 0.5) is 10.1 Å². The number of nitrogen functional groups attached to an aromatic ring is 1. The molecule has 0 spiro atoms. The Kier molecular flexibility index (Phi) is 4.07. The maximum Gasteiger partial charge on any atom is 0.125 e. The predicted octanol–water partition coefficient (Wildman–Crippen LogP) is 4.46. The third-order valence-corrected chi connectivity index (χ3v) is 3.97. The van der Waals surface area contributed by atoms with E-state index in [1.54, 1.807) is 17.8 Å². The zero-order chi connectivity index (χ0) is 12.3. The summed E-state index contributed by atoms with van der Waals surface area (Å²) in [5.74, 6) is 0.527. The van der Waals surface area contributed by atoms with Crippen LogP contribution in [0.15, 0.2) is 51.8 Å². The molecule has 2 aromatic rings. The van der Waals surface area contributed by atoms with Crippen molar-refractivity contribution in [2.75, 3.05) is 5.73 Å².